The summed E-state index contributed by atoms with van der Waals surface area (Å²) in [6, 6.07) is -0.832. The van der Waals surface area contributed by atoms with Crippen molar-refractivity contribution >= 4 is 5.91 Å². The van der Waals surface area contributed by atoms with Gasteiger partial charge in [0.1, 0.15) is 6.10 Å². The number of unbranched alkanes of at least 4 members (excludes halogenated alkanes) is 14. The Morgan fingerprint density at radius 2 is 1.13 bits per heavy atom. The summed E-state index contributed by atoms with van der Waals surface area (Å²) in [6.07, 6.45) is 33.9. The van der Waals surface area contributed by atoms with Crippen LogP contribution < -0.4 is 5.32 Å². The summed E-state index contributed by atoms with van der Waals surface area (Å²) in [4.78, 5) is 12.3. The van der Waals surface area contributed by atoms with Gasteiger partial charge in [0.25, 0.3) is 0 Å². The van der Waals surface area contributed by atoms with E-state index in [1.807, 2.05) is 0 Å². The van der Waals surface area contributed by atoms with E-state index >= 15 is 0 Å². The van der Waals surface area contributed by atoms with Crippen LogP contribution in [-0.2, 0) is 4.79 Å². The molecule has 0 bridgehead atoms. The van der Waals surface area contributed by atoms with Gasteiger partial charge in [-0.3, -0.25) is 4.79 Å². The third-order valence-corrected chi connectivity index (χ3v) is 7.20. The Morgan fingerprint density at radius 3 is 1.69 bits per heavy atom. The highest BCUT2D eigenvalue weighted by atomic mass is 16.3. The fourth-order valence-corrected chi connectivity index (χ4v) is 4.65. The maximum Gasteiger partial charge on any atom is 0.220 e. The van der Waals surface area contributed by atoms with E-state index in [2.05, 4.69) is 55.6 Å². The molecule has 0 saturated carbocycles. The molecule has 3 atom stereocenters. The Hall–Kier alpha value is -1.43. The number of carbonyl (C=O) groups is 1. The van der Waals surface area contributed by atoms with Gasteiger partial charge in [-0.2, -0.15) is 0 Å². The Bertz CT molecular complexity index is 616. The number of nitrogens with one attached hydrogen (secondary N) is 1. The van der Waals surface area contributed by atoms with Gasteiger partial charge in [0.2, 0.25) is 5.91 Å². The van der Waals surface area contributed by atoms with Crippen molar-refractivity contribution in [1.29, 1.82) is 0 Å². The molecule has 0 fully saturated rings. The summed E-state index contributed by atoms with van der Waals surface area (Å²) in [5, 5.41) is 33.0. The first-order chi connectivity index (χ1) is 19.1. The monoisotopic (exact) mass is 549 g/mol. The van der Waals surface area contributed by atoms with Crippen molar-refractivity contribution in [2.45, 2.75) is 167 Å². The number of rotatable bonds is 28. The van der Waals surface area contributed by atoms with Crippen molar-refractivity contribution in [3.63, 3.8) is 0 Å². The predicted octanol–water partition coefficient (Wildman–Crippen LogP) is 8.09. The van der Waals surface area contributed by atoms with Crippen LogP contribution in [-0.4, -0.2) is 46.1 Å². The molecule has 0 aromatic carbocycles. The highest BCUT2D eigenvalue weighted by Gasteiger charge is 2.26. The Kier molecular flexibility index (Phi) is 28.5. The minimum absolute atomic E-state index is 0.173. The maximum absolute atomic E-state index is 12.3. The van der Waals surface area contributed by atoms with Crippen molar-refractivity contribution in [2.24, 2.45) is 0 Å². The van der Waals surface area contributed by atoms with Crippen molar-refractivity contribution in [3.05, 3.63) is 36.5 Å². The SMILES string of the molecule is CC/C=C/CC/C=C/CCCC(O)C(O)C(CO)NC(=O)CCCCCCC/C=C\CCCCCCCCC. The van der Waals surface area contributed by atoms with Gasteiger partial charge < -0.3 is 20.6 Å². The minimum atomic E-state index is -1.17. The summed E-state index contributed by atoms with van der Waals surface area (Å²) in [6.45, 7) is 4.00. The van der Waals surface area contributed by atoms with Gasteiger partial charge in [-0.1, -0.05) is 108 Å². The van der Waals surface area contributed by atoms with Crippen LogP contribution in [0.25, 0.3) is 0 Å². The van der Waals surface area contributed by atoms with E-state index in [0.29, 0.717) is 12.8 Å². The molecule has 0 rings (SSSR count). The molecule has 0 saturated heterocycles. The Balaban J connectivity index is 3.78. The van der Waals surface area contributed by atoms with Gasteiger partial charge in [-0.05, 0) is 70.6 Å². The van der Waals surface area contributed by atoms with Gasteiger partial charge in [-0.25, -0.2) is 0 Å². The Labute approximate surface area is 241 Å². The summed E-state index contributed by atoms with van der Waals surface area (Å²) < 4.78 is 0. The van der Waals surface area contributed by atoms with Crippen LogP contribution in [0.3, 0.4) is 0 Å². The summed E-state index contributed by atoms with van der Waals surface area (Å²) in [5.41, 5.74) is 0. The van der Waals surface area contributed by atoms with Gasteiger partial charge in [0, 0.05) is 6.42 Å². The molecule has 3 unspecified atom stereocenters. The van der Waals surface area contributed by atoms with E-state index in [4.69, 9.17) is 0 Å². The predicted molar refractivity (Wildman–Crippen MR) is 167 cm³/mol. The number of carbonyl (C=O) groups excluding carboxylic acids is 1. The molecular formula is C34H63NO4. The first kappa shape index (κ1) is 37.6. The van der Waals surface area contributed by atoms with E-state index in [0.717, 1.165) is 57.8 Å². The molecule has 0 aliphatic rings. The lowest BCUT2D eigenvalue weighted by molar-refractivity contribution is -0.124. The average Bonchev–Trinajstić information content (AvgIpc) is 2.94. The van der Waals surface area contributed by atoms with Crippen LogP contribution in [0.4, 0.5) is 0 Å². The number of aliphatic hydroxyl groups excluding tert-OH is 3. The Morgan fingerprint density at radius 1 is 0.641 bits per heavy atom. The lowest BCUT2D eigenvalue weighted by Crippen LogP contribution is -2.50. The normalized spacial score (nSPS) is 14.5. The second-order valence-electron chi connectivity index (χ2n) is 11.0. The smallest absolute Gasteiger partial charge is 0.220 e. The lowest BCUT2D eigenvalue weighted by atomic mass is 10.0. The van der Waals surface area contributed by atoms with Crippen LogP contribution in [0, 0.1) is 0 Å². The number of allylic oxidation sites excluding steroid dienone is 6. The molecule has 39 heavy (non-hydrogen) atoms. The van der Waals surface area contributed by atoms with E-state index in [1.165, 1.54) is 64.2 Å². The summed E-state index contributed by atoms with van der Waals surface area (Å²) in [5.74, 6) is -0.173. The molecule has 0 aliphatic heterocycles. The fourth-order valence-electron chi connectivity index (χ4n) is 4.65. The van der Waals surface area contributed by atoms with E-state index < -0.39 is 18.2 Å². The summed E-state index contributed by atoms with van der Waals surface area (Å²) in [7, 11) is 0. The van der Waals surface area contributed by atoms with E-state index in [9.17, 15) is 20.1 Å². The van der Waals surface area contributed by atoms with Gasteiger partial charge in [-0.15, -0.1) is 0 Å². The largest absolute Gasteiger partial charge is 0.394 e. The summed E-state index contributed by atoms with van der Waals surface area (Å²) >= 11 is 0. The molecular weight excluding hydrogens is 486 g/mol. The molecule has 0 heterocycles. The maximum atomic E-state index is 12.3. The molecule has 1 amide bonds. The standard InChI is InChI=1S/C34H63NO4/c1-3-5-7-9-11-13-14-15-16-17-18-19-21-23-25-27-29-33(38)35-31(30-36)34(39)32(37)28-26-24-22-20-12-10-8-6-4-2/h6,8,16-17,20,22,31-32,34,36-37,39H,3-5,7,9-15,18-19,21,23-30H2,1-2H3,(H,35,38)/b8-6+,17-16-,22-20+. The molecule has 4 N–H and O–H groups in total. The van der Waals surface area contributed by atoms with Gasteiger partial charge in [0.15, 0.2) is 0 Å². The number of hydrogen-bond donors (Lipinski definition) is 4. The van der Waals surface area contributed by atoms with Crippen molar-refractivity contribution in [1.82, 2.24) is 5.32 Å². The molecule has 228 valence electrons. The quantitative estimate of drug-likeness (QED) is 0.0586. The number of aliphatic hydroxyl groups is 3. The third kappa shape index (κ3) is 25.3. The van der Waals surface area contributed by atoms with Crippen LogP contribution in [0.1, 0.15) is 149 Å². The second kappa shape index (κ2) is 29.6. The zero-order chi connectivity index (χ0) is 28.8. The van der Waals surface area contributed by atoms with E-state index in [1.54, 1.807) is 0 Å². The first-order valence-electron chi connectivity index (χ1n) is 16.3. The van der Waals surface area contributed by atoms with Crippen molar-refractivity contribution < 1.29 is 20.1 Å². The zero-order valence-electron chi connectivity index (χ0n) is 25.5. The van der Waals surface area contributed by atoms with Crippen molar-refractivity contribution in [2.75, 3.05) is 6.61 Å². The van der Waals surface area contributed by atoms with E-state index in [-0.39, 0.29) is 12.5 Å². The van der Waals surface area contributed by atoms with Gasteiger partial charge >= 0.3 is 0 Å². The van der Waals surface area contributed by atoms with Crippen molar-refractivity contribution in [3.8, 4) is 0 Å². The average molecular weight is 550 g/mol. The van der Waals surface area contributed by atoms with Crippen LogP contribution >= 0.6 is 0 Å². The lowest BCUT2D eigenvalue weighted by Gasteiger charge is -2.26. The molecule has 5 nitrogen and oxygen atoms in total. The molecule has 0 radical (unpaired) electrons. The topological polar surface area (TPSA) is 89.8 Å². The fraction of sp³-hybridized carbons (Fsp3) is 0.794. The minimum Gasteiger partial charge on any atom is -0.394 e. The van der Waals surface area contributed by atoms with Crippen LogP contribution in [0.15, 0.2) is 36.5 Å². The second-order valence-corrected chi connectivity index (χ2v) is 11.0. The molecule has 0 spiro atoms. The number of hydrogen-bond acceptors (Lipinski definition) is 4. The third-order valence-electron chi connectivity index (χ3n) is 7.20. The zero-order valence-corrected chi connectivity index (χ0v) is 25.5. The van der Waals surface area contributed by atoms with Gasteiger partial charge in [0.05, 0.1) is 18.8 Å². The molecule has 0 aliphatic carbocycles. The number of amides is 1. The highest BCUT2D eigenvalue weighted by molar-refractivity contribution is 5.76. The molecule has 0 aromatic rings. The van der Waals surface area contributed by atoms with Crippen LogP contribution in [0.2, 0.25) is 0 Å². The van der Waals surface area contributed by atoms with Crippen LogP contribution in [0.5, 0.6) is 0 Å². The molecule has 0 aromatic heterocycles. The first-order valence-corrected chi connectivity index (χ1v) is 16.3. The highest BCUT2D eigenvalue weighted by Crippen LogP contribution is 2.12. The molecule has 5 heteroatoms.